The first kappa shape index (κ1) is 13.9. The number of hydrogen-bond acceptors (Lipinski definition) is 4. The Morgan fingerprint density at radius 1 is 1.12 bits per heavy atom. The molecule has 0 saturated carbocycles. The number of aryl methyl sites for hydroxylation is 1. The summed E-state index contributed by atoms with van der Waals surface area (Å²) in [5, 5.41) is 0. The monoisotopic (exact) mass is 236 g/mol. The van der Waals surface area contributed by atoms with Gasteiger partial charge in [-0.25, -0.2) is 9.97 Å². The molecule has 1 aromatic heterocycles. The first-order valence-corrected chi connectivity index (χ1v) is 6.46. The minimum Gasteiger partial charge on any atom is -0.383 e. The lowest BCUT2D eigenvalue weighted by Gasteiger charge is -2.17. The van der Waals surface area contributed by atoms with Gasteiger partial charge in [0.2, 0.25) is 0 Å². The van der Waals surface area contributed by atoms with E-state index in [1.165, 1.54) is 0 Å². The van der Waals surface area contributed by atoms with E-state index in [-0.39, 0.29) is 0 Å². The number of nitrogens with two attached hydrogens (primary N) is 1. The van der Waals surface area contributed by atoms with Crippen LogP contribution in [0, 0.1) is 6.92 Å². The molecule has 17 heavy (non-hydrogen) atoms. The highest BCUT2D eigenvalue weighted by Crippen LogP contribution is 2.13. The number of nitrogens with zero attached hydrogens (tertiary/aromatic N) is 3. The number of rotatable bonds is 6. The molecular formula is C13H24N4. The summed E-state index contributed by atoms with van der Waals surface area (Å²) in [5.41, 5.74) is 8.01. The molecule has 0 aromatic carbocycles. The van der Waals surface area contributed by atoms with E-state index < -0.39 is 0 Å². The second kappa shape index (κ2) is 6.55. The van der Waals surface area contributed by atoms with Gasteiger partial charge in [-0.05, 0) is 26.4 Å². The van der Waals surface area contributed by atoms with Crippen molar-refractivity contribution in [1.82, 2.24) is 14.9 Å². The van der Waals surface area contributed by atoms with Crippen LogP contribution in [0.5, 0.6) is 0 Å². The van der Waals surface area contributed by atoms with Gasteiger partial charge < -0.3 is 10.6 Å². The van der Waals surface area contributed by atoms with Crippen molar-refractivity contribution in [1.29, 1.82) is 0 Å². The normalized spacial score (nSPS) is 11.1. The molecule has 4 heteroatoms. The summed E-state index contributed by atoms with van der Waals surface area (Å²) in [6, 6.07) is 0. The minimum absolute atomic E-state index is 0.631. The summed E-state index contributed by atoms with van der Waals surface area (Å²) < 4.78 is 0. The van der Waals surface area contributed by atoms with Crippen LogP contribution < -0.4 is 5.73 Å². The van der Waals surface area contributed by atoms with E-state index in [1.807, 2.05) is 6.92 Å². The number of aromatic nitrogens is 2. The van der Waals surface area contributed by atoms with Crippen LogP contribution in [0.2, 0.25) is 0 Å². The van der Waals surface area contributed by atoms with Crippen LogP contribution in [0.1, 0.15) is 37.9 Å². The van der Waals surface area contributed by atoms with Crippen molar-refractivity contribution in [3.05, 3.63) is 17.1 Å². The van der Waals surface area contributed by atoms with Crippen LogP contribution in [0.15, 0.2) is 0 Å². The van der Waals surface area contributed by atoms with Crippen LogP contribution in [0.4, 0.5) is 5.82 Å². The lowest BCUT2D eigenvalue weighted by Crippen LogP contribution is -2.26. The quantitative estimate of drug-likeness (QED) is 0.818. The Kier molecular flexibility index (Phi) is 5.35. The number of likely N-dealkylation sites (N-methyl/N-ethyl adjacent to an activating group) is 1. The van der Waals surface area contributed by atoms with E-state index in [0.717, 1.165) is 49.6 Å². The number of anilines is 1. The van der Waals surface area contributed by atoms with Gasteiger partial charge in [0.1, 0.15) is 11.6 Å². The van der Waals surface area contributed by atoms with E-state index in [1.54, 1.807) is 0 Å². The van der Waals surface area contributed by atoms with E-state index >= 15 is 0 Å². The maximum absolute atomic E-state index is 5.90. The second-order valence-electron chi connectivity index (χ2n) is 4.23. The van der Waals surface area contributed by atoms with Gasteiger partial charge in [-0.2, -0.15) is 0 Å². The predicted molar refractivity (Wildman–Crippen MR) is 72.1 cm³/mol. The van der Waals surface area contributed by atoms with Crippen LogP contribution in [0.25, 0.3) is 0 Å². The first-order valence-electron chi connectivity index (χ1n) is 6.46. The molecule has 0 amide bonds. The molecule has 1 rings (SSSR count). The molecule has 1 aromatic rings. The minimum atomic E-state index is 0.631. The lowest BCUT2D eigenvalue weighted by molar-refractivity contribution is 0.305. The van der Waals surface area contributed by atoms with E-state index in [0.29, 0.717) is 5.82 Å². The highest BCUT2D eigenvalue weighted by atomic mass is 15.1. The van der Waals surface area contributed by atoms with Gasteiger partial charge in [-0.3, -0.25) is 0 Å². The van der Waals surface area contributed by atoms with Crippen LogP contribution in [-0.4, -0.2) is 34.5 Å². The molecule has 96 valence electrons. The van der Waals surface area contributed by atoms with Crippen molar-refractivity contribution in [2.45, 2.75) is 40.5 Å². The fraction of sp³-hybridized carbons (Fsp3) is 0.692. The Labute approximate surface area is 104 Å². The average Bonchev–Trinajstić information content (AvgIpc) is 2.34. The molecule has 0 saturated heterocycles. The van der Waals surface area contributed by atoms with Gasteiger partial charge in [-0.1, -0.05) is 20.8 Å². The van der Waals surface area contributed by atoms with Gasteiger partial charge in [0.15, 0.2) is 0 Å². The van der Waals surface area contributed by atoms with Crippen molar-refractivity contribution in [2.24, 2.45) is 0 Å². The van der Waals surface area contributed by atoms with Gasteiger partial charge in [0.25, 0.3) is 0 Å². The second-order valence-corrected chi connectivity index (χ2v) is 4.23. The fourth-order valence-corrected chi connectivity index (χ4v) is 1.89. The topological polar surface area (TPSA) is 55.0 Å². The van der Waals surface area contributed by atoms with Gasteiger partial charge in [-0.15, -0.1) is 0 Å². The summed E-state index contributed by atoms with van der Waals surface area (Å²) in [5.74, 6) is 1.50. The molecule has 0 fully saturated rings. The smallest absolute Gasteiger partial charge is 0.132 e. The Morgan fingerprint density at radius 3 is 2.29 bits per heavy atom. The maximum Gasteiger partial charge on any atom is 0.132 e. The lowest BCUT2D eigenvalue weighted by atomic mass is 10.2. The average molecular weight is 236 g/mol. The molecule has 1 heterocycles. The third kappa shape index (κ3) is 3.66. The Bertz CT molecular complexity index is 359. The van der Waals surface area contributed by atoms with Crippen LogP contribution in [0.3, 0.4) is 0 Å². The summed E-state index contributed by atoms with van der Waals surface area (Å²) in [6.45, 7) is 11.6. The number of hydrogen-bond donors (Lipinski definition) is 1. The summed E-state index contributed by atoms with van der Waals surface area (Å²) in [4.78, 5) is 11.3. The summed E-state index contributed by atoms with van der Waals surface area (Å²) >= 11 is 0. The molecule has 0 radical (unpaired) electrons. The van der Waals surface area contributed by atoms with Crippen molar-refractivity contribution in [3.63, 3.8) is 0 Å². The Hall–Kier alpha value is -1.16. The summed E-state index contributed by atoms with van der Waals surface area (Å²) in [6.07, 6.45) is 1.79. The highest BCUT2D eigenvalue weighted by molar-refractivity contribution is 5.41. The third-order valence-corrected chi connectivity index (χ3v) is 3.21. The molecule has 0 unspecified atom stereocenters. The van der Waals surface area contributed by atoms with Crippen LogP contribution >= 0.6 is 0 Å². The third-order valence-electron chi connectivity index (χ3n) is 3.21. The first-order chi connectivity index (χ1) is 8.12. The summed E-state index contributed by atoms with van der Waals surface area (Å²) in [7, 11) is 0. The molecule has 0 aliphatic carbocycles. The van der Waals surface area contributed by atoms with Crippen molar-refractivity contribution in [2.75, 3.05) is 25.4 Å². The standard InChI is InChI=1S/C13H24N4/c1-5-11-10(4)13(14)16-12(15-11)8-9-17(6-2)7-3/h5-9H2,1-4H3,(H2,14,15,16). The molecule has 0 spiro atoms. The van der Waals surface area contributed by atoms with Crippen molar-refractivity contribution in [3.8, 4) is 0 Å². The van der Waals surface area contributed by atoms with Crippen molar-refractivity contribution < 1.29 is 0 Å². The SMILES string of the molecule is CCc1nc(CCN(CC)CC)nc(N)c1C. The van der Waals surface area contributed by atoms with Gasteiger partial charge in [0, 0.05) is 24.2 Å². The van der Waals surface area contributed by atoms with Gasteiger partial charge in [0.05, 0.1) is 0 Å². The Balaban J connectivity index is 2.75. The molecule has 0 atom stereocenters. The zero-order valence-corrected chi connectivity index (χ0v) is 11.5. The molecule has 4 nitrogen and oxygen atoms in total. The maximum atomic E-state index is 5.90. The zero-order chi connectivity index (χ0) is 12.8. The van der Waals surface area contributed by atoms with E-state index in [2.05, 4.69) is 35.6 Å². The highest BCUT2D eigenvalue weighted by Gasteiger charge is 2.08. The van der Waals surface area contributed by atoms with E-state index in [9.17, 15) is 0 Å². The molecule has 0 aliphatic rings. The predicted octanol–water partition coefficient (Wildman–Crippen LogP) is 1.81. The largest absolute Gasteiger partial charge is 0.383 e. The zero-order valence-electron chi connectivity index (χ0n) is 11.5. The molecule has 0 aliphatic heterocycles. The van der Waals surface area contributed by atoms with Crippen molar-refractivity contribution >= 4 is 5.82 Å². The number of nitrogen functional groups attached to an aromatic ring is 1. The molecule has 2 N–H and O–H groups in total. The molecule has 0 bridgehead atoms. The van der Waals surface area contributed by atoms with Crippen LogP contribution in [-0.2, 0) is 12.8 Å². The molecular weight excluding hydrogens is 212 g/mol. The fourth-order valence-electron chi connectivity index (χ4n) is 1.89. The Morgan fingerprint density at radius 2 is 1.76 bits per heavy atom. The van der Waals surface area contributed by atoms with E-state index in [4.69, 9.17) is 5.73 Å². The van der Waals surface area contributed by atoms with Gasteiger partial charge >= 0.3 is 0 Å².